The van der Waals surface area contributed by atoms with Gasteiger partial charge in [0, 0.05) is 0 Å². The van der Waals surface area contributed by atoms with Crippen LogP contribution < -0.4 is 0 Å². The van der Waals surface area contributed by atoms with Crippen LogP contribution in [0.4, 0.5) is 0 Å². The van der Waals surface area contributed by atoms with Crippen LogP contribution in [0.3, 0.4) is 0 Å². The molecule has 0 aliphatic rings. The lowest BCUT2D eigenvalue weighted by molar-refractivity contribution is 0.377. The zero-order chi connectivity index (χ0) is 20.5. The van der Waals surface area contributed by atoms with Crippen LogP contribution in [0, 0.1) is 5.92 Å². The lowest BCUT2D eigenvalue weighted by Crippen LogP contribution is -2.00. The van der Waals surface area contributed by atoms with Crippen molar-refractivity contribution < 1.29 is 0 Å². The molecule has 0 aromatic heterocycles. The van der Waals surface area contributed by atoms with Gasteiger partial charge in [-0.3, -0.25) is 0 Å². The van der Waals surface area contributed by atoms with Crippen molar-refractivity contribution in [1.82, 2.24) is 0 Å². The van der Waals surface area contributed by atoms with E-state index in [1.165, 1.54) is 154 Å². The molecule has 0 heteroatoms. The third-order valence-corrected chi connectivity index (χ3v) is 6.63. The summed E-state index contributed by atoms with van der Waals surface area (Å²) in [6.45, 7) is 6.99. The molecule has 0 rings (SSSR count). The normalized spacial score (nSPS) is 12.5. The quantitative estimate of drug-likeness (QED) is 0.143. The van der Waals surface area contributed by atoms with E-state index in [0.29, 0.717) is 0 Å². The summed E-state index contributed by atoms with van der Waals surface area (Å²) in [5.41, 5.74) is 0. The molecule has 0 aliphatic heterocycles. The minimum absolute atomic E-state index is 1.04. The molecular formula is C28H58. The maximum Gasteiger partial charge on any atom is -0.0414 e. The third kappa shape index (κ3) is 22.3. The molecular weight excluding hydrogens is 336 g/mol. The van der Waals surface area contributed by atoms with E-state index in [2.05, 4.69) is 20.8 Å². The Balaban J connectivity index is 3.39. The molecule has 0 heterocycles. The fraction of sp³-hybridized carbons (Fsp3) is 1.00. The smallest absolute Gasteiger partial charge is 0.0414 e. The SMILES string of the molecule is CCCCCCCCCCCCCCC(CCC)CCCCCCCCCC. The Bertz CT molecular complexity index is 257. The first-order chi connectivity index (χ1) is 13.8. The summed E-state index contributed by atoms with van der Waals surface area (Å²) < 4.78 is 0. The molecule has 28 heavy (non-hydrogen) atoms. The molecule has 0 radical (unpaired) electrons. The molecule has 0 fully saturated rings. The van der Waals surface area contributed by atoms with Crippen molar-refractivity contribution in [1.29, 1.82) is 0 Å². The molecule has 0 aliphatic carbocycles. The van der Waals surface area contributed by atoms with Crippen LogP contribution in [-0.2, 0) is 0 Å². The first-order valence-corrected chi connectivity index (χ1v) is 13.8. The number of hydrogen-bond donors (Lipinski definition) is 0. The number of rotatable bonds is 24. The van der Waals surface area contributed by atoms with Crippen molar-refractivity contribution in [3.05, 3.63) is 0 Å². The van der Waals surface area contributed by atoms with E-state index in [1.807, 2.05) is 0 Å². The highest BCUT2D eigenvalue weighted by atomic mass is 14.1. The first-order valence-electron chi connectivity index (χ1n) is 13.8. The van der Waals surface area contributed by atoms with E-state index >= 15 is 0 Å². The minimum atomic E-state index is 1.04. The van der Waals surface area contributed by atoms with Gasteiger partial charge >= 0.3 is 0 Å². The first kappa shape index (κ1) is 28.0. The van der Waals surface area contributed by atoms with Crippen LogP contribution >= 0.6 is 0 Å². The Morgan fingerprint density at radius 1 is 0.286 bits per heavy atom. The van der Waals surface area contributed by atoms with Crippen molar-refractivity contribution in [2.75, 3.05) is 0 Å². The molecule has 170 valence electrons. The lowest BCUT2D eigenvalue weighted by Gasteiger charge is -2.16. The summed E-state index contributed by atoms with van der Waals surface area (Å²) in [6.07, 6.45) is 35.3. The second kappa shape index (κ2) is 25.0. The van der Waals surface area contributed by atoms with Crippen LogP contribution in [0.5, 0.6) is 0 Å². The molecule has 1 unspecified atom stereocenters. The maximum absolute atomic E-state index is 2.38. The Morgan fingerprint density at radius 3 is 0.857 bits per heavy atom. The molecule has 0 nitrogen and oxygen atoms in total. The monoisotopic (exact) mass is 394 g/mol. The van der Waals surface area contributed by atoms with Gasteiger partial charge in [0.05, 0.1) is 0 Å². The van der Waals surface area contributed by atoms with Crippen molar-refractivity contribution in [2.24, 2.45) is 5.92 Å². The fourth-order valence-corrected chi connectivity index (χ4v) is 4.68. The lowest BCUT2D eigenvalue weighted by atomic mass is 9.90. The van der Waals surface area contributed by atoms with Crippen LogP contribution in [0.1, 0.15) is 175 Å². The summed E-state index contributed by atoms with van der Waals surface area (Å²) in [6, 6.07) is 0. The van der Waals surface area contributed by atoms with Gasteiger partial charge < -0.3 is 0 Å². The minimum Gasteiger partial charge on any atom is -0.0654 e. The second-order valence-electron chi connectivity index (χ2n) is 9.60. The van der Waals surface area contributed by atoms with Crippen LogP contribution in [0.2, 0.25) is 0 Å². The van der Waals surface area contributed by atoms with Crippen molar-refractivity contribution in [2.45, 2.75) is 175 Å². The van der Waals surface area contributed by atoms with Crippen molar-refractivity contribution in [3.8, 4) is 0 Å². The topological polar surface area (TPSA) is 0 Å². The molecule has 0 amide bonds. The van der Waals surface area contributed by atoms with Gasteiger partial charge in [0.25, 0.3) is 0 Å². The molecule has 0 spiro atoms. The Hall–Kier alpha value is 0. The molecule has 0 aromatic rings. The second-order valence-corrected chi connectivity index (χ2v) is 9.60. The molecule has 0 bridgehead atoms. The summed E-state index contributed by atoms with van der Waals surface area (Å²) in [5.74, 6) is 1.04. The van der Waals surface area contributed by atoms with Gasteiger partial charge in [-0.15, -0.1) is 0 Å². The van der Waals surface area contributed by atoms with E-state index in [4.69, 9.17) is 0 Å². The predicted molar refractivity (Wildman–Crippen MR) is 131 cm³/mol. The highest BCUT2D eigenvalue weighted by molar-refractivity contribution is 4.61. The van der Waals surface area contributed by atoms with E-state index in [9.17, 15) is 0 Å². The van der Waals surface area contributed by atoms with Crippen LogP contribution in [0.15, 0.2) is 0 Å². The Labute approximate surface area is 181 Å². The van der Waals surface area contributed by atoms with Gasteiger partial charge in [-0.05, 0) is 5.92 Å². The van der Waals surface area contributed by atoms with Gasteiger partial charge in [0.1, 0.15) is 0 Å². The van der Waals surface area contributed by atoms with E-state index < -0.39 is 0 Å². The summed E-state index contributed by atoms with van der Waals surface area (Å²) in [4.78, 5) is 0. The molecule has 0 aromatic carbocycles. The fourth-order valence-electron chi connectivity index (χ4n) is 4.68. The summed E-state index contributed by atoms with van der Waals surface area (Å²) in [5, 5.41) is 0. The van der Waals surface area contributed by atoms with Crippen molar-refractivity contribution >= 4 is 0 Å². The highest BCUT2D eigenvalue weighted by Gasteiger charge is 2.07. The molecule has 0 N–H and O–H groups in total. The van der Waals surface area contributed by atoms with Gasteiger partial charge in [-0.25, -0.2) is 0 Å². The van der Waals surface area contributed by atoms with Gasteiger partial charge in [0.2, 0.25) is 0 Å². The van der Waals surface area contributed by atoms with E-state index in [-0.39, 0.29) is 0 Å². The highest BCUT2D eigenvalue weighted by Crippen LogP contribution is 2.23. The maximum atomic E-state index is 2.38. The average molecular weight is 395 g/mol. The average Bonchev–Trinajstić information content (AvgIpc) is 2.70. The summed E-state index contributed by atoms with van der Waals surface area (Å²) >= 11 is 0. The van der Waals surface area contributed by atoms with Crippen LogP contribution in [0.25, 0.3) is 0 Å². The largest absolute Gasteiger partial charge is 0.0654 e. The zero-order valence-corrected chi connectivity index (χ0v) is 20.5. The standard InChI is InChI=1S/C28H58/c1-4-7-9-11-13-15-16-17-18-20-22-24-27-28(25-6-3)26-23-21-19-14-12-10-8-5-2/h28H,4-27H2,1-3H3. The third-order valence-electron chi connectivity index (χ3n) is 6.63. The Kier molecular flexibility index (Phi) is 25.0. The van der Waals surface area contributed by atoms with E-state index in [1.54, 1.807) is 0 Å². The molecule has 0 saturated carbocycles. The number of unbranched alkanes of at least 4 members (excludes halogenated alkanes) is 18. The van der Waals surface area contributed by atoms with Crippen molar-refractivity contribution in [3.63, 3.8) is 0 Å². The van der Waals surface area contributed by atoms with Gasteiger partial charge in [-0.2, -0.15) is 0 Å². The molecule has 1 atom stereocenters. The molecule has 0 saturated heterocycles. The predicted octanol–water partition coefficient (Wildman–Crippen LogP) is 11.0. The number of hydrogen-bond acceptors (Lipinski definition) is 0. The zero-order valence-electron chi connectivity index (χ0n) is 20.5. The van der Waals surface area contributed by atoms with E-state index in [0.717, 1.165) is 5.92 Å². The van der Waals surface area contributed by atoms with Gasteiger partial charge in [-0.1, -0.05) is 175 Å². The van der Waals surface area contributed by atoms with Crippen LogP contribution in [-0.4, -0.2) is 0 Å². The Morgan fingerprint density at radius 2 is 0.571 bits per heavy atom. The van der Waals surface area contributed by atoms with Gasteiger partial charge in [0.15, 0.2) is 0 Å². The summed E-state index contributed by atoms with van der Waals surface area (Å²) in [7, 11) is 0.